The number of esters is 1. The van der Waals surface area contributed by atoms with E-state index in [-0.39, 0.29) is 31.5 Å². The molecule has 33 heavy (non-hydrogen) atoms. The number of nitrogens with zero attached hydrogens (tertiary/aromatic N) is 4. The van der Waals surface area contributed by atoms with Crippen LogP contribution in [-0.2, 0) is 30.2 Å². The van der Waals surface area contributed by atoms with Gasteiger partial charge in [0.25, 0.3) is 5.56 Å². The normalized spacial score (nSPS) is 11.2. The van der Waals surface area contributed by atoms with Crippen LogP contribution in [-0.4, -0.2) is 31.3 Å². The van der Waals surface area contributed by atoms with Crippen molar-refractivity contribution >= 4 is 17.1 Å². The van der Waals surface area contributed by atoms with Crippen LogP contribution in [0.15, 0.2) is 76.6 Å². The molecule has 170 valence electrons. The summed E-state index contributed by atoms with van der Waals surface area (Å²) in [5.74, 6) is -0.433. The Labute approximate surface area is 190 Å². The predicted octanol–water partition coefficient (Wildman–Crippen LogP) is 2.59. The molecule has 0 aliphatic heterocycles. The summed E-state index contributed by atoms with van der Waals surface area (Å²) in [6.45, 7) is 0.273. The molecule has 0 saturated carbocycles. The zero-order chi connectivity index (χ0) is 23.4. The third-order valence-electron chi connectivity index (χ3n) is 5.76. The molecule has 0 radical (unpaired) electrons. The summed E-state index contributed by atoms with van der Waals surface area (Å²) < 4.78 is 9.58. The Bertz CT molecular complexity index is 1330. The minimum Gasteiger partial charge on any atom is -0.466 e. The molecule has 0 fully saturated rings. The topological polar surface area (TPSA) is 88.1 Å². The van der Waals surface area contributed by atoms with E-state index in [2.05, 4.69) is 4.98 Å². The van der Waals surface area contributed by atoms with Gasteiger partial charge in [-0.25, -0.2) is 9.78 Å². The predicted molar refractivity (Wildman–Crippen MR) is 125 cm³/mol. The van der Waals surface area contributed by atoms with E-state index >= 15 is 0 Å². The molecular weight excluding hydrogens is 420 g/mol. The van der Waals surface area contributed by atoms with Crippen LogP contribution >= 0.6 is 0 Å². The molecule has 4 aromatic rings. The molecule has 4 rings (SSSR count). The maximum atomic E-state index is 12.8. The number of benzene rings is 2. The van der Waals surface area contributed by atoms with Gasteiger partial charge in [-0.1, -0.05) is 60.7 Å². The molecule has 0 spiro atoms. The molecule has 0 amide bonds. The van der Waals surface area contributed by atoms with Crippen molar-refractivity contribution in [1.82, 2.24) is 18.7 Å². The SMILES string of the molecule is Cn1cnc2c1c(=O)n(CCCOC(=O)CC(c1ccccc1)c1ccccc1)c(=O)n2C. The van der Waals surface area contributed by atoms with Gasteiger partial charge in [0.15, 0.2) is 11.2 Å². The Morgan fingerprint density at radius 2 is 1.58 bits per heavy atom. The van der Waals surface area contributed by atoms with E-state index in [1.165, 1.54) is 10.9 Å². The molecule has 0 aliphatic rings. The van der Waals surface area contributed by atoms with E-state index in [1.54, 1.807) is 18.7 Å². The van der Waals surface area contributed by atoms with E-state index < -0.39 is 11.2 Å². The Balaban J connectivity index is 1.41. The van der Waals surface area contributed by atoms with Crippen molar-refractivity contribution in [3.05, 3.63) is 99.0 Å². The third-order valence-corrected chi connectivity index (χ3v) is 5.76. The lowest BCUT2D eigenvalue weighted by atomic mass is 9.89. The van der Waals surface area contributed by atoms with Crippen LogP contribution in [0.25, 0.3) is 11.2 Å². The fourth-order valence-corrected chi connectivity index (χ4v) is 4.03. The van der Waals surface area contributed by atoms with Gasteiger partial charge >= 0.3 is 11.7 Å². The standard InChI is InChI=1S/C25H26N4O4/c1-27-17-26-23-22(27)24(31)29(25(32)28(23)2)14-9-15-33-21(30)16-20(18-10-5-3-6-11-18)19-12-7-4-8-13-19/h3-8,10-13,17,20H,9,14-16H2,1-2H3. The minimum atomic E-state index is -0.439. The van der Waals surface area contributed by atoms with E-state index in [0.717, 1.165) is 15.7 Å². The number of rotatable bonds is 8. The molecular formula is C25H26N4O4. The van der Waals surface area contributed by atoms with Gasteiger partial charge in [-0.3, -0.25) is 18.7 Å². The first kappa shape index (κ1) is 22.3. The average molecular weight is 447 g/mol. The first-order valence-corrected chi connectivity index (χ1v) is 10.8. The maximum Gasteiger partial charge on any atom is 0.332 e. The molecule has 2 heterocycles. The van der Waals surface area contributed by atoms with Gasteiger partial charge in [-0.15, -0.1) is 0 Å². The van der Waals surface area contributed by atoms with Gasteiger partial charge in [0.2, 0.25) is 0 Å². The van der Waals surface area contributed by atoms with Crippen molar-refractivity contribution in [2.75, 3.05) is 6.61 Å². The van der Waals surface area contributed by atoms with Crippen LogP contribution in [0.2, 0.25) is 0 Å². The van der Waals surface area contributed by atoms with Crippen molar-refractivity contribution in [3.8, 4) is 0 Å². The molecule has 0 aliphatic carbocycles. The van der Waals surface area contributed by atoms with Crippen molar-refractivity contribution < 1.29 is 9.53 Å². The van der Waals surface area contributed by atoms with Crippen molar-refractivity contribution in [3.63, 3.8) is 0 Å². The molecule has 8 nitrogen and oxygen atoms in total. The second-order valence-corrected chi connectivity index (χ2v) is 7.98. The number of carbonyl (C=O) groups is 1. The summed E-state index contributed by atoms with van der Waals surface area (Å²) in [6, 6.07) is 19.7. The molecule has 0 N–H and O–H groups in total. The molecule has 2 aromatic carbocycles. The molecule has 8 heteroatoms. The van der Waals surface area contributed by atoms with Gasteiger partial charge in [0.1, 0.15) is 0 Å². The highest BCUT2D eigenvalue weighted by Gasteiger charge is 2.19. The summed E-state index contributed by atoms with van der Waals surface area (Å²) in [5.41, 5.74) is 1.96. The zero-order valence-corrected chi connectivity index (χ0v) is 18.7. The van der Waals surface area contributed by atoms with Crippen LogP contribution in [0.1, 0.15) is 29.9 Å². The van der Waals surface area contributed by atoms with Crippen LogP contribution in [0, 0.1) is 0 Å². The van der Waals surface area contributed by atoms with Gasteiger partial charge < -0.3 is 9.30 Å². The molecule has 0 unspecified atom stereocenters. The van der Waals surface area contributed by atoms with E-state index in [1.807, 2.05) is 60.7 Å². The van der Waals surface area contributed by atoms with Crippen molar-refractivity contribution in [2.24, 2.45) is 14.1 Å². The summed E-state index contributed by atoms with van der Waals surface area (Å²) in [4.78, 5) is 42.1. The molecule has 0 atom stereocenters. The molecule has 0 saturated heterocycles. The lowest BCUT2D eigenvalue weighted by Crippen LogP contribution is -2.39. The number of hydrogen-bond acceptors (Lipinski definition) is 5. The second-order valence-electron chi connectivity index (χ2n) is 7.98. The number of imidazole rings is 1. The first-order valence-electron chi connectivity index (χ1n) is 10.8. The summed E-state index contributed by atoms with van der Waals surface area (Å²) in [5, 5.41) is 0. The first-order chi connectivity index (χ1) is 16.0. The second kappa shape index (κ2) is 9.68. The van der Waals surface area contributed by atoms with E-state index in [4.69, 9.17) is 4.74 Å². The largest absolute Gasteiger partial charge is 0.466 e. The van der Waals surface area contributed by atoms with Crippen molar-refractivity contribution in [2.45, 2.75) is 25.3 Å². The van der Waals surface area contributed by atoms with Crippen LogP contribution in [0.4, 0.5) is 0 Å². The van der Waals surface area contributed by atoms with Crippen LogP contribution < -0.4 is 11.2 Å². The lowest BCUT2D eigenvalue weighted by Gasteiger charge is -2.17. The highest BCUT2D eigenvalue weighted by Crippen LogP contribution is 2.28. The smallest absolute Gasteiger partial charge is 0.332 e. The molecule has 0 bridgehead atoms. The number of hydrogen-bond donors (Lipinski definition) is 0. The summed E-state index contributed by atoms with van der Waals surface area (Å²) in [7, 11) is 3.30. The number of aryl methyl sites for hydroxylation is 2. The number of carbonyl (C=O) groups excluding carboxylic acids is 1. The summed E-state index contributed by atoms with van der Waals surface area (Å²) >= 11 is 0. The fourth-order valence-electron chi connectivity index (χ4n) is 4.03. The van der Waals surface area contributed by atoms with Gasteiger partial charge in [-0.2, -0.15) is 0 Å². The van der Waals surface area contributed by atoms with E-state index in [9.17, 15) is 14.4 Å². The number of ether oxygens (including phenoxy) is 1. The van der Waals surface area contributed by atoms with Gasteiger partial charge in [0.05, 0.1) is 19.4 Å². The number of fused-ring (bicyclic) bond motifs is 1. The Kier molecular flexibility index (Phi) is 6.53. The Morgan fingerprint density at radius 3 is 2.18 bits per heavy atom. The monoisotopic (exact) mass is 446 g/mol. The maximum absolute atomic E-state index is 12.8. The zero-order valence-electron chi connectivity index (χ0n) is 18.7. The molecule has 2 aromatic heterocycles. The van der Waals surface area contributed by atoms with Crippen LogP contribution in [0.5, 0.6) is 0 Å². The highest BCUT2D eigenvalue weighted by molar-refractivity contribution is 5.71. The van der Waals surface area contributed by atoms with Crippen molar-refractivity contribution in [1.29, 1.82) is 0 Å². The fraction of sp³-hybridized carbons (Fsp3) is 0.280. The third kappa shape index (κ3) is 4.64. The minimum absolute atomic E-state index is 0.109. The van der Waals surface area contributed by atoms with Gasteiger partial charge in [0, 0.05) is 26.6 Å². The quantitative estimate of drug-likeness (QED) is 0.307. The van der Waals surface area contributed by atoms with E-state index in [0.29, 0.717) is 17.6 Å². The lowest BCUT2D eigenvalue weighted by molar-refractivity contribution is -0.144. The highest BCUT2D eigenvalue weighted by atomic mass is 16.5. The summed E-state index contributed by atoms with van der Waals surface area (Å²) in [6.07, 6.45) is 2.07. The number of aromatic nitrogens is 4. The average Bonchev–Trinajstić information content (AvgIpc) is 3.23. The van der Waals surface area contributed by atoms with Gasteiger partial charge in [-0.05, 0) is 17.5 Å². The van der Waals surface area contributed by atoms with Crippen LogP contribution in [0.3, 0.4) is 0 Å². The Morgan fingerprint density at radius 1 is 0.970 bits per heavy atom. The Hall–Kier alpha value is -3.94.